The molecular formula is C14H19N3S. The minimum atomic E-state index is 0.236. The lowest BCUT2D eigenvalue weighted by atomic mass is 10.1. The minimum absolute atomic E-state index is 0.236. The maximum atomic E-state index is 4.34. The summed E-state index contributed by atoms with van der Waals surface area (Å²) >= 11 is 1.63. The molecule has 0 radical (unpaired) electrons. The van der Waals surface area contributed by atoms with Gasteiger partial charge < -0.3 is 10.2 Å². The van der Waals surface area contributed by atoms with Crippen molar-refractivity contribution in [3.63, 3.8) is 0 Å². The van der Waals surface area contributed by atoms with Crippen LogP contribution < -0.4 is 10.2 Å². The summed E-state index contributed by atoms with van der Waals surface area (Å²) in [6.07, 6.45) is 0. The van der Waals surface area contributed by atoms with E-state index in [2.05, 4.69) is 66.7 Å². The van der Waals surface area contributed by atoms with Gasteiger partial charge in [0.25, 0.3) is 0 Å². The number of anilines is 2. The molecule has 1 aromatic heterocycles. The largest absolute Gasteiger partial charge is 0.378 e. The summed E-state index contributed by atoms with van der Waals surface area (Å²) in [4.78, 5) is 6.45. The monoisotopic (exact) mass is 261 g/mol. The zero-order valence-electron chi connectivity index (χ0n) is 11.3. The van der Waals surface area contributed by atoms with Crippen LogP contribution in [-0.4, -0.2) is 19.1 Å². The molecule has 1 heterocycles. The third kappa shape index (κ3) is 2.82. The fraction of sp³-hybridized carbons (Fsp3) is 0.357. The van der Waals surface area contributed by atoms with Crippen molar-refractivity contribution in [2.45, 2.75) is 19.9 Å². The zero-order chi connectivity index (χ0) is 13.1. The van der Waals surface area contributed by atoms with Gasteiger partial charge in [0.2, 0.25) is 0 Å². The highest BCUT2D eigenvalue weighted by Gasteiger charge is 2.09. The van der Waals surface area contributed by atoms with E-state index >= 15 is 0 Å². The van der Waals surface area contributed by atoms with Gasteiger partial charge in [-0.05, 0) is 37.6 Å². The van der Waals surface area contributed by atoms with Crippen LogP contribution in [0.15, 0.2) is 29.1 Å². The molecule has 0 saturated heterocycles. The maximum Gasteiger partial charge on any atom is 0.0795 e. The van der Waals surface area contributed by atoms with Crippen molar-refractivity contribution in [1.82, 2.24) is 4.98 Å². The van der Waals surface area contributed by atoms with Gasteiger partial charge in [0.05, 0.1) is 17.2 Å². The fourth-order valence-corrected chi connectivity index (χ4v) is 2.48. The topological polar surface area (TPSA) is 28.2 Å². The third-order valence-corrected chi connectivity index (χ3v) is 3.60. The lowest BCUT2D eigenvalue weighted by Crippen LogP contribution is -2.11. The highest BCUT2D eigenvalue weighted by atomic mass is 32.1. The first-order chi connectivity index (χ1) is 8.58. The average molecular weight is 261 g/mol. The van der Waals surface area contributed by atoms with E-state index in [4.69, 9.17) is 0 Å². The van der Waals surface area contributed by atoms with Crippen LogP contribution >= 0.6 is 11.3 Å². The van der Waals surface area contributed by atoms with Crippen molar-refractivity contribution < 1.29 is 0 Å². The number of nitrogens with one attached hydrogen (secondary N) is 1. The first-order valence-corrected chi connectivity index (χ1v) is 6.95. The molecule has 0 saturated carbocycles. The first kappa shape index (κ1) is 12.9. The number of benzene rings is 1. The first-order valence-electron chi connectivity index (χ1n) is 6.00. The Balaban J connectivity index is 2.15. The number of hydrogen-bond donors (Lipinski definition) is 1. The Morgan fingerprint density at radius 2 is 2.11 bits per heavy atom. The molecule has 96 valence electrons. The second kappa shape index (κ2) is 5.40. The van der Waals surface area contributed by atoms with Gasteiger partial charge in [-0.2, -0.15) is 0 Å². The van der Waals surface area contributed by atoms with E-state index in [0.29, 0.717) is 0 Å². The molecule has 2 rings (SSSR count). The van der Waals surface area contributed by atoms with E-state index in [1.165, 1.54) is 16.9 Å². The average Bonchev–Trinajstić information content (AvgIpc) is 2.85. The van der Waals surface area contributed by atoms with Crippen LogP contribution in [0.3, 0.4) is 0 Å². The Bertz CT molecular complexity index is 506. The SMILES string of the molecule is Cc1cc(N(C)C)ccc1NC(C)c1cscn1. The van der Waals surface area contributed by atoms with Gasteiger partial charge in [-0.15, -0.1) is 11.3 Å². The molecule has 4 heteroatoms. The number of nitrogens with zero attached hydrogens (tertiary/aromatic N) is 2. The Morgan fingerprint density at radius 3 is 2.67 bits per heavy atom. The van der Waals surface area contributed by atoms with Gasteiger partial charge in [0, 0.05) is 30.9 Å². The van der Waals surface area contributed by atoms with Crippen molar-refractivity contribution in [3.05, 3.63) is 40.3 Å². The Hall–Kier alpha value is -1.55. The van der Waals surface area contributed by atoms with Gasteiger partial charge in [-0.25, -0.2) is 4.98 Å². The number of thiazole rings is 1. The summed E-state index contributed by atoms with van der Waals surface area (Å²) < 4.78 is 0. The standard InChI is InChI=1S/C14H19N3S/c1-10-7-12(17(3)4)5-6-13(10)16-11(2)14-8-18-9-15-14/h5-9,11,16H,1-4H3. The van der Waals surface area contributed by atoms with E-state index in [1.807, 2.05) is 5.51 Å². The number of rotatable bonds is 4. The highest BCUT2D eigenvalue weighted by molar-refractivity contribution is 7.07. The van der Waals surface area contributed by atoms with Gasteiger partial charge >= 0.3 is 0 Å². The van der Waals surface area contributed by atoms with E-state index < -0.39 is 0 Å². The molecule has 0 aliphatic heterocycles. The van der Waals surface area contributed by atoms with Gasteiger partial charge in [0.15, 0.2) is 0 Å². The van der Waals surface area contributed by atoms with Gasteiger partial charge in [-0.1, -0.05) is 0 Å². The fourth-order valence-electron chi connectivity index (χ4n) is 1.83. The second-order valence-corrected chi connectivity index (χ2v) is 5.39. The van der Waals surface area contributed by atoms with Crippen molar-refractivity contribution in [2.75, 3.05) is 24.3 Å². The highest BCUT2D eigenvalue weighted by Crippen LogP contribution is 2.25. The number of aryl methyl sites for hydroxylation is 1. The second-order valence-electron chi connectivity index (χ2n) is 4.67. The summed E-state index contributed by atoms with van der Waals surface area (Å²) in [6, 6.07) is 6.69. The van der Waals surface area contributed by atoms with Crippen LogP contribution in [-0.2, 0) is 0 Å². The molecule has 18 heavy (non-hydrogen) atoms. The molecule has 0 aliphatic carbocycles. The van der Waals surface area contributed by atoms with Crippen LogP contribution in [0.25, 0.3) is 0 Å². The lowest BCUT2D eigenvalue weighted by molar-refractivity contribution is 0.848. The quantitative estimate of drug-likeness (QED) is 0.909. The van der Waals surface area contributed by atoms with E-state index in [0.717, 1.165) is 5.69 Å². The molecule has 0 aliphatic rings. The van der Waals surface area contributed by atoms with Gasteiger partial charge in [-0.3, -0.25) is 0 Å². The third-order valence-electron chi connectivity index (χ3n) is 2.99. The van der Waals surface area contributed by atoms with Crippen LogP contribution in [0.1, 0.15) is 24.2 Å². The van der Waals surface area contributed by atoms with Gasteiger partial charge in [0.1, 0.15) is 0 Å². The molecule has 1 N–H and O–H groups in total. The summed E-state index contributed by atoms with van der Waals surface area (Å²) in [5.41, 5.74) is 6.61. The molecule has 1 aromatic carbocycles. The summed E-state index contributed by atoms with van der Waals surface area (Å²) in [5, 5.41) is 5.59. The molecule has 0 amide bonds. The Kier molecular flexibility index (Phi) is 3.87. The van der Waals surface area contributed by atoms with Crippen LogP contribution in [0.2, 0.25) is 0 Å². The summed E-state index contributed by atoms with van der Waals surface area (Å²) in [6.45, 7) is 4.26. The van der Waals surface area contributed by atoms with Crippen molar-refractivity contribution >= 4 is 22.7 Å². The molecule has 3 nitrogen and oxygen atoms in total. The van der Waals surface area contributed by atoms with E-state index in [9.17, 15) is 0 Å². The number of hydrogen-bond acceptors (Lipinski definition) is 4. The van der Waals surface area contributed by atoms with Crippen LogP contribution in [0, 0.1) is 6.92 Å². The number of aromatic nitrogens is 1. The molecule has 1 unspecified atom stereocenters. The van der Waals surface area contributed by atoms with Crippen molar-refractivity contribution in [1.29, 1.82) is 0 Å². The van der Waals surface area contributed by atoms with Crippen LogP contribution in [0.4, 0.5) is 11.4 Å². The Labute approximate surface area is 112 Å². The smallest absolute Gasteiger partial charge is 0.0795 e. The molecule has 1 atom stereocenters. The maximum absolute atomic E-state index is 4.34. The lowest BCUT2D eigenvalue weighted by Gasteiger charge is -2.18. The molecule has 0 bridgehead atoms. The molecular weight excluding hydrogens is 242 g/mol. The minimum Gasteiger partial charge on any atom is -0.378 e. The summed E-state index contributed by atoms with van der Waals surface area (Å²) in [7, 11) is 4.11. The molecule has 0 fully saturated rings. The molecule has 0 spiro atoms. The van der Waals surface area contributed by atoms with Crippen molar-refractivity contribution in [2.24, 2.45) is 0 Å². The zero-order valence-corrected chi connectivity index (χ0v) is 12.1. The van der Waals surface area contributed by atoms with Crippen molar-refractivity contribution in [3.8, 4) is 0 Å². The van der Waals surface area contributed by atoms with Crippen LogP contribution in [0.5, 0.6) is 0 Å². The predicted octanol–water partition coefficient (Wildman–Crippen LogP) is 3.69. The normalized spacial score (nSPS) is 12.2. The summed E-state index contributed by atoms with van der Waals surface area (Å²) in [5.74, 6) is 0. The molecule has 2 aromatic rings. The Morgan fingerprint density at radius 1 is 1.33 bits per heavy atom. The predicted molar refractivity (Wildman–Crippen MR) is 79.7 cm³/mol. The van der Waals surface area contributed by atoms with E-state index in [-0.39, 0.29) is 6.04 Å². The van der Waals surface area contributed by atoms with E-state index in [1.54, 1.807) is 11.3 Å².